The molecule has 2 aliphatic carbocycles. The largest absolute Gasteiger partial charge is 0.435 e. The summed E-state index contributed by atoms with van der Waals surface area (Å²) in [5, 5.41) is 18.3. The molecule has 1 fully saturated rings. The first-order valence-corrected chi connectivity index (χ1v) is 24.2. The van der Waals surface area contributed by atoms with Gasteiger partial charge in [-0.15, -0.1) is 0 Å². The van der Waals surface area contributed by atoms with Gasteiger partial charge in [0, 0.05) is 48.5 Å². The van der Waals surface area contributed by atoms with Crippen molar-refractivity contribution in [3.8, 4) is 23.0 Å². The Morgan fingerprint density at radius 1 is 1.03 bits per heavy atom. The zero-order valence-electron chi connectivity index (χ0n) is 37.3. The van der Waals surface area contributed by atoms with Crippen LogP contribution in [0.4, 0.5) is 49.7 Å². The van der Waals surface area contributed by atoms with Crippen LogP contribution in [0, 0.1) is 29.4 Å². The Balaban J connectivity index is 1.47. The van der Waals surface area contributed by atoms with Crippen molar-refractivity contribution in [2.45, 2.75) is 74.8 Å². The number of rotatable bonds is 15. The average Bonchev–Trinajstić information content (AvgIpc) is 3.75. The predicted octanol–water partition coefficient (Wildman–Crippen LogP) is 6.69. The second-order valence-electron chi connectivity index (χ2n) is 17.3. The van der Waals surface area contributed by atoms with Crippen molar-refractivity contribution in [1.82, 2.24) is 34.8 Å². The van der Waals surface area contributed by atoms with Crippen molar-refractivity contribution in [2.24, 2.45) is 5.92 Å². The van der Waals surface area contributed by atoms with Crippen LogP contribution in [0.3, 0.4) is 0 Å². The third-order valence-electron chi connectivity index (χ3n) is 11.9. The third kappa shape index (κ3) is 10.9. The molecule has 3 N–H and O–H groups in total. The predicted molar refractivity (Wildman–Crippen MR) is 236 cm³/mol. The number of carbonyl (C=O) groups excluding carboxylic acids is 2. The molecule has 1 saturated carbocycles. The number of anilines is 1. The fourth-order valence-electron chi connectivity index (χ4n) is 8.15. The fraction of sp³-hybridized carbons (Fsp3) is 0.419. The van der Waals surface area contributed by atoms with Gasteiger partial charge in [-0.05, 0) is 74.4 Å². The topological polar surface area (TPSA) is 193 Å². The molecule has 382 valence electrons. The zero-order chi connectivity index (χ0) is 52.5. The Bertz CT molecular complexity index is 3150. The Hall–Kier alpha value is -5.82. The van der Waals surface area contributed by atoms with E-state index in [0.29, 0.717) is 15.1 Å². The van der Waals surface area contributed by atoms with Gasteiger partial charge in [0.15, 0.2) is 21.3 Å². The van der Waals surface area contributed by atoms with Crippen LogP contribution in [-0.2, 0) is 62.3 Å². The van der Waals surface area contributed by atoms with E-state index in [1.54, 1.807) is 0 Å². The zero-order valence-corrected chi connectivity index (χ0v) is 39.7. The number of hydrogen-bond donors (Lipinski definition) is 3. The number of carbonyl (C=O) groups is 2. The van der Waals surface area contributed by atoms with Crippen LogP contribution in [0.15, 0.2) is 42.5 Å². The summed E-state index contributed by atoms with van der Waals surface area (Å²) in [7, 11) is -2.67. The first kappa shape index (κ1) is 53.0. The first-order valence-electron chi connectivity index (χ1n) is 20.9. The Kier molecular flexibility index (Phi) is 14.2. The number of pyridine rings is 1. The second-order valence-corrected chi connectivity index (χ2v) is 21.2. The number of halogens is 11. The van der Waals surface area contributed by atoms with E-state index < -0.39 is 163 Å². The molecule has 0 radical (unpaired) electrons. The monoisotopic (exact) mass is 1070 g/mol. The lowest BCUT2D eigenvalue weighted by atomic mass is 9.93. The number of amides is 2. The summed E-state index contributed by atoms with van der Waals surface area (Å²) >= 11 is 3.43. The summed E-state index contributed by atoms with van der Waals surface area (Å²) in [6.07, 6.45) is -10.4. The van der Waals surface area contributed by atoms with Crippen LogP contribution in [0.25, 0.3) is 22.0 Å². The standard InChI is InChI=1S/C43H39ClF10N8O7S2/c1-40(2,71(4,68)69)10-9-24-5-6-25(26-7-8-29(44)34-36(26)61(20-41(47,48)49)58-39(34)62(70(66)67)19-32(65)59(3)11-12-63)35(55-24)30(15-21-13-22(45)16-23(46)14-21)56-31(64)18-60-38-33(37(57-60)43(52,53)54)27-17-28(27)42(38,50)51/h5-8,13-14,16,27-28,30,63H,11-12,15,17-20H2,1-4H3,(H,56,64)(H,66,67)/t27-,28+,30?/m0/s1. The van der Waals surface area contributed by atoms with Crippen molar-refractivity contribution in [3.05, 3.63) is 93.0 Å². The lowest BCUT2D eigenvalue weighted by Crippen LogP contribution is -2.40. The highest BCUT2D eigenvalue weighted by Crippen LogP contribution is 2.68. The number of alkyl halides is 8. The van der Waals surface area contributed by atoms with Crippen molar-refractivity contribution in [1.29, 1.82) is 0 Å². The summed E-state index contributed by atoms with van der Waals surface area (Å²) in [6.45, 7) is -2.51. The number of aliphatic hydroxyl groups excluding tert-OH is 1. The van der Waals surface area contributed by atoms with Gasteiger partial charge in [-0.1, -0.05) is 23.6 Å². The van der Waals surface area contributed by atoms with E-state index >= 15 is 8.78 Å². The highest BCUT2D eigenvalue weighted by molar-refractivity contribution is 7.92. The summed E-state index contributed by atoms with van der Waals surface area (Å²) in [6, 6.07) is 4.96. The fourth-order valence-corrected chi connectivity index (χ4v) is 9.12. The molecule has 4 atom stereocenters. The minimum atomic E-state index is -5.22. The lowest BCUT2D eigenvalue weighted by Gasteiger charge is -2.23. The molecule has 2 aromatic carbocycles. The molecule has 2 unspecified atom stereocenters. The highest BCUT2D eigenvalue weighted by Gasteiger charge is 2.68. The maximum Gasteiger partial charge on any atom is 0.435 e. The molecule has 7 rings (SSSR count). The number of aromatic nitrogens is 5. The van der Waals surface area contributed by atoms with Crippen LogP contribution < -0.4 is 9.62 Å². The number of fused-ring (bicyclic) bond motifs is 4. The summed E-state index contributed by atoms with van der Waals surface area (Å²) < 4.78 is 194. The molecule has 0 saturated heterocycles. The molecule has 5 aromatic rings. The van der Waals surface area contributed by atoms with Crippen molar-refractivity contribution < 1.29 is 75.8 Å². The molecule has 0 aliphatic heterocycles. The molecule has 3 heterocycles. The van der Waals surface area contributed by atoms with Crippen molar-refractivity contribution in [2.75, 3.05) is 37.3 Å². The van der Waals surface area contributed by atoms with E-state index in [0.717, 1.165) is 35.4 Å². The van der Waals surface area contributed by atoms with Gasteiger partial charge in [0.2, 0.25) is 11.8 Å². The van der Waals surface area contributed by atoms with Crippen molar-refractivity contribution in [3.63, 3.8) is 0 Å². The summed E-state index contributed by atoms with van der Waals surface area (Å²) in [5.74, 6) is -6.63. The molecular formula is C43H39ClF10N8O7S2. The van der Waals surface area contributed by atoms with E-state index in [2.05, 4.69) is 32.3 Å². The minimum absolute atomic E-state index is 0.200. The normalized spacial score (nSPS) is 17.3. The number of sulfone groups is 1. The maximum absolute atomic E-state index is 15.6. The van der Waals surface area contributed by atoms with Crippen LogP contribution in [0.5, 0.6) is 0 Å². The van der Waals surface area contributed by atoms with Crippen LogP contribution in [0.2, 0.25) is 5.02 Å². The average molecular weight is 1070 g/mol. The molecule has 3 aromatic heterocycles. The quantitative estimate of drug-likeness (QED) is 0.0579. The van der Waals surface area contributed by atoms with Gasteiger partial charge in [-0.2, -0.15) is 45.3 Å². The Morgan fingerprint density at radius 2 is 1.68 bits per heavy atom. The SMILES string of the molecule is CN(CCO)C(=O)CN(c1nn(CC(F)(F)F)c2c(-c3ccc(C#CC(C)(C)S(C)(=O)=O)nc3C(Cc3cc(F)cc(F)c3)NC(=O)Cn3nc(C(F)(F)F)c4c3C(F)(F)[C@@H]3C[C@H]43)ccc(Cl)c12)S(=O)O. The number of hydrogen-bond acceptors (Lipinski definition) is 9. The van der Waals surface area contributed by atoms with Crippen LogP contribution in [-0.4, -0.2) is 107 Å². The Morgan fingerprint density at radius 3 is 2.27 bits per heavy atom. The van der Waals surface area contributed by atoms with Gasteiger partial charge in [0.1, 0.15) is 47.4 Å². The lowest BCUT2D eigenvalue weighted by molar-refractivity contribution is -0.143. The number of nitrogens with zero attached hydrogens (tertiary/aromatic N) is 7. The molecule has 0 bridgehead atoms. The van der Waals surface area contributed by atoms with E-state index in [9.17, 15) is 67.0 Å². The minimum Gasteiger partial charge on any atom is -0.395 e. The Labute approximate surface area is 404 Å². The van der Waals surface area contributed by atoms with E-state index in [-0.39, 0.29) is 40.0 Å². The molecule has 0 spiro atoms. The van der Waals surface area contributed by atoms with Gasteiger partial charge in [-0.3, -0.25) is 23.5 Å². The van der Waals surface area contributed by atoms with E-state index in [1.807, 2.05) is 0 Å². The van der Waals surface area contributed by atoms with Crippen LogP contribution >= 0.6 is 11.6 Å². The molecule has 2 amide bonds. The number of likely N-dealkylation sites (N-methyl/N-ethyl adjacent to an activating group) is 1. The van der Waals surface area contributed by atoms with Gasteiger partial charge in [0.25, 0.3) is 17.2 Å². The van der Waals surface area contributed by atoms with Gasteiger partial charge < -0.3 is 15.3 Å². The summed E-state index contributed by atoms with van der Waals surface area (Å²) in [4.78, 5) is 32.7. The molecule has 15 nitrogen and oxygen atoms in total. The van der Waals surface area contributed by atoms with Gasteiger partial charge in [-0.25, -0.2) is 30.7 Å². The molecule has 71 heavy (non-hydrogen) atoms. The summed E-state index contributed by atoms with van der Waals surface area (Å²) in [5.41, 5.74) is -5.62. The third-order valence-corrected chi connectivity index (χ3v) is 14.8. The first-order chi connectivity index (χ1) is 32.8. The number of benzene rings is 2. The van der Waals surface area contributed by atoms with Gasteiger partial charge >= 0.3 is 12.4 Å². The van der Waals surface area contributed by atoms with Crippen LogP contribution in [0.1, 0.15) is 66.1 Å². The number of aliphatic hydroxyl groups is 1. The molecule has 28 heteroatoms. The smallest absolute Gasteiger partial charge is 0.395 e. The highest BCUT2D eigenvalue weighted by atomic mass is 35.5. The second kappa shape index (κ2) is 19.0. The van der Waals surface area contributed by atoms with E-state index in [4.69, 9.17) is 11.6 Å². The maximum atomic E-state index is 15.6. The number of nitrogens with one attached hydrogen (secondary N) is 1. The van der Waals surface area contributed by atoms with E-state index in [1.165, 1.54) is 33.0 Å². The molecule has 2 aliphatic rings. The molecular weight excluding hydrogens is 1030 g/mol. The van der Waals surface area contributed by atoms with Crippen molar-refractivity contribution >= 4 is 61.2 Å². The van der Waals surface area contributed by atoms with Gasteiger partial charge in [0.05, 0.1) is 34.3 Å².